The summed E-state index contributed by atoms with van der Waals surface area (Å²) in [5, 5.41) is 11.4. The summed E-state index contributed by atoms with van der Waals surface area (Å²) in [4.78, 5) is 10.2. The van der Waals surface area contributed by atoms with Crippen LogP contribution in [0.3, 0.4) is 0 Å². The van der Waals surface area contributed by atoms with Gasteiger partial charge in [-0.15, -0.1) is 0 Å². The largest absolute Gasteiger partial charge is 0.481 e. The van der Waals surface area contributed by atoms with Crippen molar-refractivity contribution < 1.29 is 14.3 Å². The van der Waals surface area contributed by atoms with Gasteiger partial charge in [0.05, 0.1) is 6.54 Å². The van der Waals surface area contributed by atoms with Crippen molar-refractivity contribution in [3.63, 3.8) is 0 Å². The predicted molar refractivity (Wildman–Crippen MR) is 51.7 cm³/mol. The van der Waals surface area contributed by atoms with Crippen molar-refractivity contribution in [1.82, 2.24) is 5.32 Å². The normalized spacial score (nSPS) is 10.3. The Kier molecular flexibility index (Phi) is 4.00. The van der Waals surface area contributed by atoms with Gasteiger partial charge < -0.3 is 20.6 Å². The van der Waals surface area contributed by atoms with Gasteiger partial charge in [-0.05, 0) is 19.0 Å². The number of rotatable bonds is 6. The lowest BCUT2D eigenvalue weighted by Crippen LogP contribution is -2.15. The summed E-state index contributed by atoms with van der Waals surface area (Å²) in [7, 11) is 0. The Bertz CT molecular complexity index is 296. The monoisotopic (exact) mass is 198 g/mol. The van der Waals surface area contributed by atoms with E-state index in [2.05, 4.69) is 5.32 Å². The fraction of sp³-hybridized carbons (Fsp3) is 0.444. The first-order chi connectivity index (χ1) is 6.68. The fourth-order valence-corrected chi connectivity index (χ4v) is 1.07. The standard InChI is InChI=1S/C9H14N2O3/c10-8-4-3-7(14-8)6-11-5-1-2-9(12)13/h3-4,11H,1-2,5-6,10H2,(H,12,13). The van der Waals surface area contributed by atoms with Gasteiger partial charge in [-0.2, -0.15) is 0 Å². The third kappa shape index (κ3) is 3.95. The number of hydrogen-bond donors (Lipinski definition) is 3. The van der Waals surface area contributed by atoms with Crippen LogP contribution in [0.25, 0.3) is 0 Å². The van der Waals surface area contributed by atoms with E-state index in [9.17, 15) is 4.79 Å². The zero-order chi connectivity index (χ0) is 10.4. The van der Waals surface area contributed by atoms with E-state index < -0.39 is 5.97 Å². The van der Waals surface area contributed by atoms with E-state index in [-0.39, 0.29) is 6.42 Å². The molecule has 0 spiro atoms. The molecule has 0 aliphatic heterocycles. The lowest BCUT2D eigenvalue weighted by molar-refractivity contribution is -0.137. The Morgan fingerprint density at radius 2 is 2.36 bits per heavy atom. The second-order valence-electron chi connectivity index (χ2n) is 2.98. The second-order valence-corrected chi connectivity index (χ2v) is 2.98. The van der Waals surface area contributed by atoms with Crippen molar-refractivity contribution in [2.45, 2.75) is 19.4 Å². The lowest BCUT2D eigenvalue weighted by atomic mass is 10.3. The molecule has 5 heteroatoms. The Balaban J connectivity index is 2.07. The van der Waals surface area contributed by atoms with Gasteiger partial charge in [-0.25, -0.2) is 0 Å². The number of carboxylic acid groups (broad SMARTS) is 1. The van der Waals surface area contributed by atoms with Gasteiger partial charge in [0.15, 0.2) is 5.88 Å². The minimum atomic E-state index is -0.769. The van der Waals surface area contributed by atoms with Crippen LogP contribution in [0.4, 0.5) is 5.88 Å². The van der Waals surface area contributed by atoms with E-state index in [4.69, 9.17) is 15.3 Å². The highest BCUT2D eigenvalue weighted by Gasteiger charge is 1.99. The Morgan fingerprint density at radius 1 is 1.57 bits per heavy atom. The molecule has 0 bridgehead atoms. The molecule has 0 fully saturated rings. The highest BCUT2D eigenvalue weighted by molar-refractivity contribution is 5.66. The first-order valence-electron chi connectivity index (χ1n) is 4.45. The molecule has 4 N–H and O–H groups in total. The Morgan fingerprint density at radius 3 is 2.93 bits per heavy atom. The molecule has 0 radical (unpaired) electrons. The number of nitrogens with one attached hydrogen (secondary N) is 1. The SMILES string of the molecule is Nc1ccc(CNCCCC(=O)O)o1. The molecule has 1 heterocycles. The van der Waals surface area contributed by atoms with Gasteiger partial charge in [0.2, 0.25) is 0 Å². The molecule has 0 saturated carbocycles. The van der Waals surface area contributed by atoms with E-state index in [1.807, 2.05) is 0 Å². The average molecular weight is 198 g/mol. The quantitative estimate of drug-likeness (QED) is 0.589. The molecule has 0 saturated heterocycles. The zero-order valence-corrected chi connectivity index (χ0v) is 7.82. The third-order valence-electron chi connectivity index (χ3n) is 1.73. The number of carboxylic acids is 1. The van der Waals surface area contributed by atoms with E-state index in [0.29, 0.717) is 25.4 Å². The van der Waals surface area contributed by atoms with Gasteiger partial charge in [-0.3, -0.25) is 4.79 Å². The van der Waals surface area contributed by atoms with Crippen LogP contribution < -0.4 is 11.1 Å². The van der Waals surface area contributed by atoms with Gasteiger partial charge in [0.1, 0.15) is 5.76 Å². The molecule has 0 amide bonds. The number of nitrogen functional groups attached to an aromatic ring is 1. The van der Waals surface area contributed by atoms with Gasteiger partial charge in [0.25, 0.3) is 0 Å². The maximum Gasteiger partial charge on any atom is 0.303 e. The van der Waals surface area contributed by atoms with Crippen molar-refractivity contribution >= 4 is 11.9 Å². The van der Waals surface area contributed by atoms with Crippen molar-refractivity contribution in [3.8, 4) is 0 Å². The highest BCUT2D eigenvalue weighted by Crippen LogP contribution is 2.08. The van der Waals surface area contributed by atoms with Crippen molar-refractivity contribution in [2.75, 3.05) is 12.3 Å². The van der Waals surface area contributed by atoms with E-state index in [0.717, 1.165) is 5.76 Å². The average Bonchev–Trinajstić information content (AvgIpc) is 2.50. The first-order valence-corrected chi connectivity index (χ1v) is 4.45. The summed E-state index contributed by atoms with van der Waals surface area (Å²) in [6.07, 6.45) is 0.804. The molecule has 0 atom stereocenters. The number of nitrogens with two attached hydrogens (primary N) is 1. The topological polar surface area (TPSA) is 88.5 Å². The summed E-state index contributed by atoms with van der Waals surface area (Å²) in [6.45, 7) is 1.24. The van der Waals surface area contributed by atoms with E-state index in [1.165, 1.54) is 0 Å². The van der Waals surface area contributed by atoms with E-state index in [1.54, 1.807) is 12.1 Å². The van der Waals surface area contributed by atoms with Crippen molar-refractivity contribution in [3.05, 3.63) is 17.9 Å². The maximum absolute atomic E-state index is 10.2. The molecule has 0 unspecified atom stereocenters. The molecule has 0 aromatic carbocycles. The van der Waals surface area contributed by atoms with Crippen LogP contribution in [-0.2, 0) is 11.3 Å². The zero-order valence-electron chi connectivity index (χ0n) is 7.82. The van der Waals surface area contributed by atoms with Crippen LogP contribution in [0.5, 0.6) is 0 Å². The van der Waals surface area contributed by atoms with Crippen LogP contribution in [0.2, 0.25) is 0 Å². The van der Waals surface area contributed by atoms with Gasteiger partial charge in [-0.1, -0.05) is 0 Å². The second kappa shape index (κ2) is 5.29. The molecule has 5 nitrogen and oxygen atoms in total. The highest BCUT2D eigenvalue weighted by atomic mass is 16.4. The minimum Gasteiger partial charge on any atom is -0.481 e. The van der Waals surface area contributed by atoms with Crippen molar-refractivity contribution in [2.24, 2.45) is 0 Å². The number of hydrogen-bond acceptors (Lipinski definition) is 4. The summed E-state index contributed by atoms with van der Waals surface area (Å²) in [6, 6.07) is 3.48. The summed E-state index contributed by atoms with van der Waals surface area (Å²) in [5.74, 6) is 0.388. The maximum atomic E-state index is 10.2. The number of furan rings is 1. The molecule has 1 aromatic rings. The smallest absolute Gasteiger partial charge is 0.303 e. The van der Waals surface area contributed by atoms with E-state index >= 15 is 0 Å². The van der Waals surface area contributed by atoms with Gasteiger partial charge in [0, 0.05) is 12.5 Å². The third-order valence-corrected chi connectivity index (χ3v) is 1.73. The molecule has 0 aliphatic carbocycles. The fourth-order valence-electron chi connectivity index (χ4n) is 1.07. The van der Waals surface area contributed by atoms with Crippen LogP contribution in [0.15, 0.2) is 16.5 Å². The summed E-state index contributed by atoms with van der Waals surface area (Å²) in [5.41, 5.74) is 5.38. The molecule has 1 aromatic heterocycles. The molecule has 14 heavy (non-hydrogen) atoms. The minimum absolute atomic E-state index is 0.188. The first kappa shape index (κ1) is 10.6. The van der Waals surface area contributed by atoms with Crippen LogP contribution in [0.1, 0.15) is 18.6 Å². The number of carbonyl (C=O) groups is 1. The number of aliphatic carboxylic acids is 1. The molecular formula is C9H14N2O3. The van der Waals surface area contributed by atoms with Gasteiger partial charge >= 0.3 is 5.97 Å². The molecule has 0 aliphatic rings. The molecular weight excluding hydrogens is 184 g/mol. The van der Waals surface area contributed by atoms with Crippen LogP contribution in [-0.4, -0.2) is 17.6 Å². The Labute approximate surface area is 81.9 Å². The molecule has 78 valence electrons. The van der Waals surface area contributed by atoms with Crippen molar-refractivity contribution in [1.29, 1.82) is 0 Å². The van der Waals surface area contributed by atoms with Crippen LogP contribution >= 0.6 is 0 Å². The lowest BCUT2D eigenvalue weighted by Gasteiger charge is -2.00. The summed E-state index contributed by atoms with van der Waals surface area (Å²) >= 11 is 0. The Hall–Kier alpha value is -1.49. The predicted octanol–water partition coefficient (Wildman–Crippen LogP) is 0.816. The number of anilines is 1. The van der Waals surface area contributed by atoms with Crippen LogP contribution in [0, 0.1) is 0 Å². The summed E-state index contributed by atoms with van der Waals surface area (Å²) < 4.78 is 5.11. The molecule has 1 rings (SSSR count).